The Morgan fingerprint density at radius 3 is 2.83 bits per heavy atom. The summed E-state index contributed by atoms with van der Waals surface area (Å²) in [6, 6.07) is 15.2. The highest BCUT2D eigenvalue weighted by atomic mass is 16.5. The second-order valence-electron chi connectivity index (χ2n) is 8.17. The molecule has 154 valence electrons. The van der Waals surface area contributed by atoms with Gasteiger partial charge in [-0.25, -0.2) is 0 Å². The molecule has 4 rings (SSSR count). The maximum absolute atomic E-state index is 12.9. The molecule has 0 saturated heterocycles. The molecular formula is C25H25NO4. The molecule has 0 bridgehead atoms. The molecule has 2 unspecified atom stereocenters. The molecule has 0 amide bonds. The number of hydrogen-bond donors (Lipinski definition) is 0. The van der Waals surface area contributed by atoms with Crippen molar-refractivity contribution in [1.29, 1.82) is 5.26 Å². The summed E-state index contributed by atoms with van der Waals surface area (Å²) < 4.78 is 11.7. The monoisotopic (exact) mass is 403 g/mol. The van der Waals surface area contributed by atoms with E-state index in [-0.39, 0.29) is 17.7 Å². The van der Waals surface area contributed by atoms with Crippen LogP contribution in [0.25, 0.3) is 11.1 Å². The largest absolute Gasteiger partial charge is 0.486 e. The maximum atomic E-state index is 12.9. The van der Waals surface area contributed by atoms with E-state index in [1.807, 2.05) is 43.3 Å². The Morgan fingerprint density at radius 1 is 1.20 bits per heavy atom. The zero-order valence-corrected chi connectivity index (χ0v) is 17.1. The third-order valence-corrected chi connectivity index (χ3v) is 6.17. The molecule has 5 nitrogen and oxygen atoms in total. The molecule has 1 heterocycles. The Bertz CT molecular complexity index is 1020. The zero-order valence-electron chi connectivity index (χ0n) is 17.1. The van der Waals surface area contributed by atoms with Crippen LogP contribution in [0.2, 0.25) is 0 Å². The van der Waals surface area contributed by atoms with Gasteiger partial charge in [0.2, 0.25) is 0 Å². The van der Waals surface area contributed by atoms with Gasteiger partial charge in [0.05, 0.1) is 36.1 Å². The average molecular weight is 403 g/mol. The van der Waals surface area contributed by atoms with Crippen molar-refractivity contribution in [3.63, 3.8) is 0 Å². The van der Waals surface area contributed by atoms with Gasteiger partial charge in [-0.1, -0.05) is 18.2 Å². The van der Waals surface area contributed by atoms with Gasteiger partial charge in [-0.2, -0.15) is 5.26 Å². The summed E-state index contributed by atoms with van der Waals surface area (Å²) in [4.78, 5) is 25.1. The van der Waals surface area contributed by atoms with E-state index in [0.717, 1.165) is 30.4 Å². The number of carbonyl (C=O) groups is 2. The van der Waals surface area contributed by atoms with Crippen molar-refractivity contribution >= 4 is 11.8 Å². The number of ether oxygens (including phenoxy) is 2. The molecule has 1 aliphatic carbocycles. The molecule has 1 saturated carbocycles. The lowest BCUT2D eigenvalue weighted by Crippen LogP contribution is -2.41. The van der Waals surface area contributed by atoms with Crippen LogP contribution >= 0.6 is 0 Å². The number of ketones is 1. The summed E-state index contributed by atoms with van der Waals surface area (Å²) in [7, 11) is 0. The van der Waals surface area contributed by atoms with Crippen LogP contribution in [-0.4, -0.2) is 24.0 Å². The van der Waals surface area contributed by atoms with Gasteiger partial charge in [-0.05, 0) is 74.4 Å². The molecule has 5 heteroatoms. The lowest BCUT2D eigenvalue weighted by Gasteiger charge is -2.37. The highest BCUT2D eigenvalue weighted by Gasteiger charge is 2.43. The molecule has 0 radical (unpaired) electrons. The van der Waals surface area contributed by atoms with Crippen LogP contribution in [0.3, 0.4) is 0 Å². The first kappa shape index (κ1) is 20.2. The summed E-state index contributed by atoms with van der Waals surface area (Å²) in [6.45, 7) is 2.21. The van der Waals surface area contributed by atoms with E-state index in [1.54, 1.807) is 6.07 Å². The molecule has 2 aliphatic rings. The van der Waals surface area contributed by atoms with Gasteiger partial charge in [0.1, 0.15) is 11.4 Å². The van der Waals surface area contributed by atoms with Crippen LogP contribution < -0.4 is 4.74 Å². The minimum absolute atomic E-state index is 0.0863. The Balaban J connectivity index is 1.60. The van der Waals surface area contributed by atoms with Crippen LogP contribution in [0.1, 0.15) is 61.4 Å². The van der Waals surface area contributed by atoms with Gasteiger partial charge in [-0.15, -0.1) is 0 Å². The zero-order chi connectivity index (χ0) is 21.1. The van der Waals surface area contributed by atoms with Crippen molar-refractivity contribution < 1.29 is 19.1 Å². The fourth-order valence-corrected chi connectivity index (χ4v) is 4.59. The van der Waals surface area contributed by atoms with E-state index in [0.29, 0.717) is 42.7 Å². The fourth-order valence-electron chi connectivity index (χ4n) is 4.59. The van der Waals surface area contributed by atoms with Gasteiger partial charge in [0, 0.05) is 0 Å². The standard InChI is InChI=1S/C25H25NO4/c1-2-29-24(28)18-7-4-11-25(12-10-18)15-22(27)21-9-8-20(14-23(21)30-25)19-6-3-5-17(13-19)16-26/h3,5-6,8-9,13-14,18H,2,4,7,10-12,15H2,1H3. The van der Waals surface area contributed by atoms with Crippen molar-refractivity contribution in [3.05, 3.63) is 53.6 Å². The second-order valence-corrected chi connectivity index (χ2v) is 8.17. The molecule has 0 aromatic heterocycles. The number of nitriles is 1. The van der Waals surface area contributed by atoms with Crippen LogP contribution in [0.4, 0.5) is 0 Å². The third kappa shape index (κ3) is 3.95. The summed E-state index contributed by atoms with van der Waals surface area (Å²) in [5, 5.41) is 9.17. The van der Waals surface area contributed by atoms with Crippen molar-refractivity contribution in [2.75, 3.05) is 6.61 Å². The van der Waals surface area contributed by atoms with Crippen molar-refractivity contribution in [2.45, 2.75) is 51.0 Å². The SMILES string of the molecule is CCOC(=O)C1CCCC2(CC1)CC(=O)c1ccc(-c3cccc(C#N)c3)cc1O2. The van der Waals surface area contributed by atoms with Crippen molar-refractivity contribution in [3.8, 4) is 22.9 Å². The molecule has 2 aromatic carbocycles. The van der Waals surface area contributed by atoms with Gasteiger partial charge >= 0.3 is 5.97 Å². The number of fused-ring (bicyclic) bond motifs is 1. The number of hydrogen-bond acceptors (Lipinski definition) is 5. The van der Waals surface area contributed by atoms with Crippen LogP contribution in [0.15, 0.2) is 42.5 Å². The lowest BCUT2D eigenvalue weighted by molar-refractivity contribution is -0.148. The topological polar surface area (TPSA) is 76.4 Å². The van der Waals surface area contributed by atoms with Crippen LogP contribution in [0, 0.1) is 17.2 Å². The highest BCUT2D eigenvalue weighted by Crippen LogP contribution is 2.43. The highest BCUT2D eigenvalue weighted by molar-refractivity contribution is 6.01. The smallest absolute Gasteiger partial charge is 0.308 e. The predicted octanol–water partition coefficient (Wildman–Crippen LogP) is 5.07. The maximum Gasteiger partial charge on any atom is 0.308 e. The van der Waals surface area contributed by atoms with E-state index in [9.17, 15) is 14.9 Å². The molecule has 30 heavy (non-hydrogen) atoms. The first-order valence-electron chi connectivity index (χ1n) is 10.6. The molecular weight excluding hydrogens is 378 g/mol. The molecule has 1 fully saturated rings. The van der Waals surface area contributed by atoms with E-state index in [4.69, 9.17) is 9.47 Å². The van der Waals surface area contributed by atoms with Gasteiger partial charge in [-0.3, -0.25) is 9.59 Å². The fraction of sp³-hybridized carbons (Fsp3) is 0.400. The molecule has 2 atom stereocenters. The Morgan fingerprint density at radius 2 is 2.03 bits per heavy atom. The number of rotatable bonds is 3. The number of nitrogens with zero attached hydrogens (tertiary/aromatic N) is 1. The quantitative estimate of drug-likeness (QED) is 0.669. The second kappa shape index (κ2) is 8.31. The van der Waals surface area contributed by atoms with E-state index in [2.05, 4.69) is 6.07 Å². The van der Waals surface area contributed by atoms with E-state index < -0.39 is 5.60 Å². The van der Waals surface area contributed by atoms with Crippen molar-refractivity contribution in [2.24, 2.45) is 5.92 Å². The molecule has 0 N–H and O–H groups in total. The van der Waals surface area contributed by atoms with Crippen LogP contribution in [0.5, 0.6) is 5.75 Å². The minimum Gasteiger partial charge on any atom is -0.486 e. The number of carbonyl (C=O) groups excluding carboxylic acids is 2. The van der Waals surface area contributed by atoms with Gasteiger partial charge in [0.25, 0.3) is 0 Å². The normalized spacial score (nSPS) is 23.1. The minimum atomic E-state index is -0.557. The number of benzene rings is 2. The van der Waals surface area contributed by atoms with Crippen molar-refractivity contribution in [1.82, 2.24) is 0 Å². The predicted molar refractivity (Wildman–Crippen MR) is 112 cm³/mol. The average Bonchev–Trinajstić information content (AvgIpc) is 2.96. The third-order valence-electron chi connectivity index (χ3n) is 6.17. The first-order chi connectivity index (χ1) is 14.5. The Hall–Kier alpha value is -3.13. The summed E-state index contributed by atoms with van der Waals surface area (Å²) in [5.41, 5.74) is 2.46. The van der Waals surface area contributed by atoms with E-state index in [1.165, 1.54) is 0 Å². The Kier molecular flexibility index (Phi) is 5.59. The first-order valence-corrected chi connectivity index (χ1v) is 10.6. The number of Topliss-reactive ketones (excluding diaryl/α,β-unsaturated/α-hetero) is 1. The van der Waals surface area contributed by atoms with Gasteiger partial charge < -0.3 is 9.47 Å². The Labute approximate surface area is 176 Å². The molecule has 1 spiro atoms. The lowest BCUT2D eigenvalue weighted by atomic mass is 9.83. The number of esters is 1. The molecule has 2 aromatic rings. The summed E-state index contributed by atoms with van der Waals surface area (Å²) in [5.74, 6) is 0.421. The van der Waals surface area contributed by atoms with Crippen LogP contribution in [-0.2, 0) is 9.53 Å². The summed E-state index contributed by atoms with van der Waals surface area (Å²) >= 11 is 0. The molecule has 1 aliphatic heterocycles. The summed E-state index contributed by atoms with van der Waals surface area (Å²) in [6.07, 6.45) is 4.03. The van der Waals surface area contributed by atoms with Gasteiger partial charge in [0.15, 0.2) is 5.78 Å². The van der Waals surface area contributed by atoms with E-state index >= 15 is 0 Å².